The monoisotopic (exact) mass is 303 g/mol. The van der Waals surface area contributed by atoms with Gasteiger partial charge in [0.05, 0.1) is 4.92 Å². The zero-order valence-corrected chi connectivity index (χ0v) is 12.1. The first-order valence-electron chi connectivity index (χ1n) is 6.15. The zero-order chi connectivity index (χ0) is 15.2. The summed E-state index contributed by atoms with van der Waals surface area (Å²) in [7, 11) is 0. The van der Waals surface area contributed by atoms with Crippen molar-refractivity contribution in [2.45, 2.75) is 13.5 Å². The number of nitrogens with zero attached hydrogens (tertiary/aromatic N) is 1. The first-order chi connectivity index (χ1) is 10.1. The van der Waals surface area contributed by atoms with Crippen molar-refractivity contribution in [3.05, 3.63) is 55.8 Å². The van der Waals surface area contributed by atoms with E-state index in [1.54, 1.807) is 12.1 Å². The average Bonchev–Trinajstić information content (AvgIpc) is 2.90. The predicted molar refractivity (Wildman–Crippen MR) is 80.4 cm³/mol. The molecular weight excluding hydrogens is 290 g/mol. The summed E-state index contributed by atoms with van der Waals surface area (Å²) in [6.45, 7) is 1.91. The topological polar surface area (TPSA) is 72.6 Å². The largest absolute Gasteiger partial charge is 0.481 e. The number of hydrogen-bond acceptors (Lipinski definition) is 5. The van der Waals surface area contributed by atoms with E-state index in [4.69, 9.17) is 9.84 Å². The van der Waals surface area contributed by atoms with E-state index in [1.165, 1.54) is 17.4 Å². The van der Waals surface area contributed by atoms with E-state index in [0.29, 0.717) is 0 Å². The number of aliphatic hydroxyl groups is 1. The van der Waals surface area contributed by atoms with Crippen molar-refractivity contribution in [1.29, 1.82) is 0 Å². The number of benzene rings is 1. The van der Waals surface area contributed by atoms with Gasteiger partial charge in [-0.15, -0.1) is 11.3 Å². The lowest BCUT2D eigenvalue weighted by molar-refractivity contribution is -0.385. The molecule has 1 heterocycles. The average molecular weight is 303 g/mol. The molecule has 0 atom stereocenters. The van der Waals surface area contributed by atoms with E-state index < -0.39 is 4.92 Å². The van der Waals surface area contributed by atoms with Gasteiger partial charge in [-0.05, 0) is 24.6 Å². The molecule has 0 saturated heterocycles. The second-order valence-corrected chi connectivity index (χ2v) is 5.27. The molecule has 0 bridgehead atoms. The number of hydrogen-bond donors (Lipinski definition) is 1. The van der Waals surface area contributed by atoms with Crippen LogP contribution in [0, 0.1) is 28.9 Å². The Hall–Kier alpha value is -2.36. The maximum absolute atomic E-state index is 11.0. The van der Waals surface area contributed by atoms with E-state index in [0.717, 1.165) is 16.0 Å². The Balaban J connectivity index is 2.11. The molecule has 0 aliphatic rings. The third kappa shape index (κ3) is 4.05. The Morgan fingerprint density at radius 1 is 1.43 bits per heavy atom. The molecule has 21 heavy (non-hydrogen) atoms. The maximum Gasteiger partial charge on any atom is 0.310 e. The van der Waals surface area contributed by atoms with Gasteiger partial charge in [0, 0.05) is 21.9 Å². The van der Waals surface area contributed by atoms with Gasteiger partial charge in [0.15, 0.2) is 5.75 Å². The van der Waals surface area contributed by atoms with Crippen LogP contribution < -0.4 is 4.74 Å². The molecule has 0 amide bonds. The summed E-state index contributed by atoms with van der Waals surface area (Å²) in [5.41, 5.74) is 1.65. The predicted octanol–water partition coefficient (Wildman–Crippen LogP) is 2.89. The van der Waals surface area contributed by atoms with Crippen molar-refractivity contribution in [2.24, 2.45) is 0 Å². The highest BCUT2D eigenvalue weighted by atomic mass is 32.1. The van der Waals surface area contributed by atoms with Crippen LogP contribution in [0.3, 0.4) is 0 Å². The summed E-state index contributed by atoms with van der Waals surface area (Å²) < 4.78 is 5.55. The fourth-order valence-corrected chi connectivity index (χ4v) is 2.43. The third-order valence-corrected chi connectivity index (χ3v) is 3.56. The van der Waals surface area contributed by atoms with Crippen LogP contribution >= 0.6 is 11.3 Å². The summed E-state index contributed by atoms with van der Waals surface area (Å²) in [5.74, 6) is 5.62. The number of rotatable bonds is 4. The Kier molecular flexibility index (Phi) is 4.93. The van der Waals surface area contributed by atoms with Crippen LogP contribution in [0.15, 0.2) is 29.6 Å². The SMILES string of the molecule is Cc1ccc([N+](=O)[O-])c(OCc2cc(C#CCO)cs2)c1. The van der Waals surface area contributed by atoms with Gasteiger partial charge in [0.1, 0.15) is 13.2 Å². The molecule has 2 aromatic rings. The summed E-state index contributed by atoms with van der Waals surface area (Å²) >= 11 is 1.46. The van der Waals surface area contributed by atoms with Gasteiger partial charge >= 0.3 is 5.69 Å². The Morgan fingerprint density at radius 3 is 2.95 bits per heavy atom. The van der Waals surface area contributed by atoms with Crippen molar-refractivity contribution in [3.8, 4) is 17.6 Å². The standard InChI is InChI=1S/C15H13NO4S/c1-11-4-5-14(16(18)19)15(7-11)20-9-13-8-12(10-21-13)3-2-6-17/h4-5,7-8,10,17H,6,9H2,1H3. The van der Waals surface area contributed by atoms with Gasteiger partial charge in [-0.2, -0.15) is 0 Å². The van der Waals surface area contributed by atoms with Crippen LogP contribution in [0.1, 0.15) is 16.0 Å². The quantitative estimate of drug-likeness (QED) is 0.535. The lowest BCUT2D eigenvalue weighted by Gasteiger charge is -2.06. The minimum Gasteiger partial charge on any atom is -0.481 e. The first kappa shape index (κ1) is 15.0. The lowest BCUT2D eigenvalue weighted by Crippen LogP contribution is -1.98. The van der Waals surface area contributed by atoms with Gasteiger partial charge < -0.3 is 9.84 Å². The molecule has 0 saturated carbocycles. The van der Waals surface area contributed by atoms with Crippen LogP contribution in [0.5, 0.6) is 5.75 Å². The van der Waals surface area contributed by atoms with E-state index >= 15 is 0 Å². The van der Waals surface area contributed by atoms with Crippen molar-refractivity contribution in [3.63, 3.8) is 0 Å². The molecule has 0 spiro atoms. The van der Waals surface area contributed by atoms with Crippen molar-refractivity contribution < 1.29 is 14.8 Å². The smallest absolute Gasteiger partial charge is 0.310 e. The van der Waals surface area contributed by atoms with Gasteiger partial charge in [-0.3, -0.25) is 10.1 Å². The molecule has 108 valence electrons. The van der Waals surface area contributed by atoms with Gasteiger partial charge in [0.2, 0.25) is 0 Å². The minimum absolute atomic E-state index is 0.0440. The van der Waals surface area contributed by atoms with Crippen LogP contribution in [0.4, 0.5) is 5.69 Å². The fourth-order valence-electron chi connectivity index (χ4n) is 1.70. The molecule has 5 nitrogen and oxygen atoms in total. The minimum atomic E-state index is -0.457. The van der Waals surface area contributed by atoms with E-state index in [-0.39, 0.29) is 24.7 Å². The Labute approximate surface area is 126 Å². The van der Waals surface area contributed by atoms with Crippen LogP contribution in [-0.2, 0) is 6.61 Å². The number of aliphatic hydroxyl groups excluding tert-OH is 1. The molecule has 0 aliphatic heterocycles. The lowest BCUT2D eigenvalue weighted by atomic mass is 10.2. The van der Waals surface area contributed by atoms with Crippen LogP contribution in [-0.4, -0.2) is 16.6 Å². The number of thiophene rings is 1. The van der Waals surface area contributed by atoms with Crippen LogP contribution in [0.25, 0.3) is 0 Å². The van der Waals surface area contributed by atoms with Crippen LogP contribution in [0.2, 0.25) is 0 Å². The summed E-state index contributed by atoms with van der Waals surface area (Å²) in [6.07, 6.45) is 0. The second-order valence-electron chi connectivity index (χ2n) is 4.28. The van der Waals surface area contributed by atoms with Crippen molar-refractivity contribution in [1.82, 2.24) is 0 Å². The molecule has 0 aliphatic carbocycles. The molecule has 2 rings (SSSR count). The number of ether oxygens (including phenoxy) is 1. The third-order valence-electron chi connectivity index (χ3n) is 2.65. The van der Waals surface area contributed by atoms with E-state index in [1.807, 2.05) is 18.4 Å². The highest BCUT2D eigenvalue weighted by Crippen LogP contribution is 2.29. The Bertz CT molecular complexity index is 712. The fraction of sp³-hybridized carbons (Fsp3) is 0.200. The highest BCUT2D eigenvalue weighted by Gasteiger charge is 2.15. The maximum atomic E-state index is 11.0. The second kappa shape index (κ2) is 6.88. The van der Waals surface area contributed by atoms with E-state index in [9.17, 15) is 10.1 Å². The van der Waals surface area contributed by atoms with Crippen molar-refractivity contribution >= 4 is 17.0 Å². The highest BCUT2D eigenvalue weighted by molar-refractivity contribution is 7.10. The number of nitro groups is 1. The molecule has 0 fully saturated rings. The number of nitro benzene ring substituents is 1. The summed E-state index contributed by atoms with van der Waals surface area (Å²) in [6, 6.07) is 6.61. The molecular formula is C15H13NO4S. The van der Waals surface area contributed by atoms with Gasteiger partial charge in [0.25, 0.3) is 0 Å². The summed E-state index contributed by atoms with van der Waals surface area (Å²) in [5, 5.41) is 21.4. The molecule has 1 aromatic carbocycles. The molecule has 1 aromatic heterocycles. The summed E-state index contributed by atoms with van der Waals surface area (Å²) in [4.78, 5) is 11.4. The Morgan fingerprint density at radius 2 is 2.24 bits per heavy atom. The first-order valence-corrected chi connectivity index (χ1v) is 7.03. The normalized spacial score (nSPS) is 9.81. The molecule has 0 unspecified atom stereocenters. The van der Waals surface area contributed by atoms with Gasteiger partial charge in [-0.1, -0.05) is 17.9 Å². The zero-order valence-electron chi connectivity index (χ0n) is 11.3. The molecule has 0 radical (unpaired) electrons. The molecule has 6 heteroatoms. The number of aryl methyl sites for hydroxylation is 1. The van der Waals surface area contributed by atoms with E-state index in [2.05, 4.69) is 11.8 Å². The van der Waals surface area contributed by atoms with Gasteiger partial charge in [-0.25, -0.2) is 0 Å². The van der Waals surface area contributed by atoms with Crippen molar-refractivity contribution in [2.75, 3.05) is 6.61 Å². The molecule has 1 N–H and O–H groups in total.